The predicted octanol–water partition coefficient (Wildman–Crippen LogP) is 0.705. The summed E-state index contributed by atoms with van der Waals surface area (Å²) in [7, 11) is 0.00463. The third-order valence-electron chi connectivity index (χ3n) is 2.50. The Hall–Kier alpha value is -1.45. The number of aryl methyl sites for hydroxylation is 2. The van der Waals surface area contributed by atoms with Gasteiger partial charge in [0.15, 0.2) is 0 Å². The third kappa shape index (κ3) is 3.11. The number of rotatable bonds is 5. The highest BCUT2D eigenvalue weighted by atomic mass is 32.2. The first kappa shape index (κ1) is 14.0. The quantitative estimate of drug-likeness (QED) is 0.849. The van der Waals surface area contributed by atoms with E-state index < -0.39 is 10.0 Å². The van der Waals surface area contributed by atoms with Gasteiger partial charge in [0.2, 0.25) is 5.13 Å². The Bertz CT molecular complexity index is 674. The highest BCUT2D eigenvalue weighted by molar-refractivity contribution is 7.93. The average Bonchev–Trinajstić information content (AvgIpc) is 2.87. The van der Waals surface area contributed by atoms with Gasteiger partial charge < -0.3 is 9.88 Å². The molecule has 0 aromatic carbocycles. The van der Waals surface area contributed by atoms with Crippen molar-refractivity contribution in [3.63, 3.8) is 0 Å². The van der Waals surface area contributed by atoms with Crippen molar-refractivity contribution in [1.29, 1.82) is 0 Å². The minimum absolute atomic E-state index is 0.216. The van der Waals surface area contributed by atoms with Crippen LogP contribution in [-0.4, -0.2) is 30.2 Å². The van der Waals surface area contributed by atoms with E-state index in [0.717, 1.165) is 5.69 Å². The molecule has 0 saturated carbocycles. The number of nitrogens with one attached hydrogen (secondary N) is 2. The molecule has 0 unspecified atom stereocenters. The first-order chi connectivity index (χ1) is 8.92. The molecule has 2 heterocycles. The monoisotopic (exact) mass is 301 g/mol. The van der Waals surface area contributed by atoms with Crippen molar-refractivity contribution in [2.24, 2.45) is 7.05 Å². The molecule has 2 rings (SSSR count). The van der Waals surface area contributed by atoms with Crippen molar-refractivity contribution in [2.75, 3.05) is 11.8 Å². The molecule has 0 spiro atoms. The van der Waals surface area contributed by atoms with Crippen LogP contribution < -0.4 is 10.0 Å². The first-order valence-corrected chi connectivity index (χ1v) is 7.85. The van der Waals surface area contributed by atoms with Crippen molar-refractivity contribution in [3.05, 3.63) is 23.0 Å². The second-order valence-electron chi connectivity index (χ2n) is 4.04. The summed E-state index contributed by atoms with van der Waals surface area (Å²) in [6.45, 7) is 2.37. The molecule has 104 valence electrons. The summed E-state index contributed by atoms with van der Waals surface area (Å²) in [4.78, 5) is 0.216. The summed E-state index contributed by atoms with van der Waals surface area (Å²) < 4.78 is 28.5. The van der Waals surface area contributed by atoms with Crippen molar-refractivity contribution in [3.8, 4) is 0 Å². The number of nitrogens with zero attached hydrogens (tertiary/aromatic N) is 3. The van der Waals surface area contributed by atoms with Crippen LogP contribution in [0.3, 0.4) is 0 Å². The predicted molar refractivity (Wildman–Crippen MR) is 73.6 cm³/mol. The van der Waals surface area contributed by atoms with Crippen LogP contribution in [0, 0.1) is 6.92 Å². The summed E-state index contributed by atoms with van der Waals surface area (Å²) in [5.41, 5.74) is 0.885. The van der Waals surface area contributed by atoms with Gasteiger partial charge in [0.1, 0.15) is 9.90 Å². The zero-order valence-corrected chi connectivity index (χ0v) is 12.5. The van der Waals surface area contributed by atoms with Gasteiger partial charge in [-0.05, 0) is 20.0 Å². The van der Waals surface area contributed by atoms with Crippen LogP contribution in [-0.2, 0) is 23.6 Å². The van der Waals surface area contributed by atoms with E-state index in [9.17, 15) is 8.42 Å². The summed E-state index contributed by atoms with van der Waals surface area (Å²) in [5, 5.41) is 11.5. The van der Waals surface area contributed by atoms with Gasteiger partial charge in [0, 0.05) is 25.5 Å². The summed E-state index contributed by atoms with van der Waals surface area (Å²) in [6, 6.07) is 1.63. The maximum atomic E-state index is 12.2. The zero-order chi connectivity index (χ0) is 14.0. The molecule has 0 atom stereocenters. The second-order valence-corrected chi connectivity index (χ2v) is 6.90. The van der Waals surface area contributed by atoms with Gasteiger partial charge in [-0.15, -0.1) is 10.2 Å². The Kier molecular flexibility index (Phi) is 3.88. The number of sulfonamides is 1. The van der Waals surface area contributed by atoms with Crippen molar-refractivity contribution in [2.45, 2.75) is 18.4 Å². The van der Waals surface area contributed by atoms with Crippen LogP contribution >= 0.6 is 11.3 Å². The highest BCUT2D eigenvalue weighted by Crippen LogP contribution is 2.20. The van der Waals surface area contributed by atoms with Gasteiger partial charge in [-0.2, -0.15) is 0 Å². The van der Waals surface area contributed by atoms with E-state index in [1.165, 1.54) is 11.3 Å². The molecule has 2 aromatic rings. The molecule has 0 radical (unpaired) electrons. The Morgan fingerprint density at radius 2 is 2.16 bits per heavy atom. The molecule has 2 N–H and O–H groups in total. The molecular formula is C10H15N5O2S2. The summed E-state index contributed by atoms with van der Waals surface area (Å²) >= 11 is 1.20. The smallest absolute Gasteiger partial charge is 0.265 e. The zero-order valence-electron chi connectivity index (χ0n) is 10.8. The van der Waals surface area contributed by atoms with E-state index in [4.69, 9.17) is 0 Å². The van der Waals surface area contributed by atoms with Crippen LogP contribution in [0.25, 0.3) is 0 Å². The molecular weight excluding hydrogens is 286 g/mol. The van der Waals surface area contributed by atoms with E-state index in [2.05, 4.69) is 20.2 Å². The highest BCUT2D eigenvalue weighted by Gasteiger charge is 2.19. The lowest BCUT2D eigenvalue weighted by atomic mass is 10.4. The molecule has 7 nitrogen and oxygen atoms in total. The van der Waals surface area contributed by atoms with Gasteiger partial charge in [0.25, 0.3) is 10.0 Å². The molecule has 0 amide bonds. The topological polar surface area (TPSA) is 88.9 Å². The van der Waals surface area contributed by atoms with Crippen LogP contribution in [0.5, 0.6) is 0 Å². The SMILES string of the molecule is CNCc1cc(S(=O)(=O)Nc2nnc(C)s2)cn1C. The van der Waals surface area contributed by atoms with Gasteiger partial charge >= 0.3 is 0 Å². The standard InChI is InChI=1S/C10H15N5O2S2/c1-7-12-13-10(18-7)14-19(16,17)9-4-8(5-11-2)15(3)6-9/h4,6,11H,5H2,1-3H3,(H,13,14). The Labute approximate surface area is 115 Å². The molecule has 0 aliphatic carbocycles. The molecule has 19 heavy (non-hydrogen) atoms. The van der Waals surface area contributed by atoms with Gasteiger partial charge in [-0.3, -0.25) is 4.72 Å². The summed E-state index contributed by atoms with van der Waals surface area (Å²) in [5.74, 6) is 0. The maximum Gasteiger partial charge on any atom is 0.265 e. The number of aromatic nitrogens is 3. The Morgan fingerprint density at radius 3 is 2.74 bits per heavy atom. The maximum absolute atomic E-state index is 12.2. The molecule has 0 aliphatic heterocycles. The van der Waals surface area contributed by atoms with Gasteiger partial charge in [-0.1, -0.05) is 11.3 Å². The van der Waals surface area contributed by atoms with E-state index in [1.807, 2.05) is 7.05 Å². The second kappa shape index (κ2) is 5.27. The largest absolute Gasteiger partial charge is 0.352 e. The molecule has 9 heteroatoms. The average molecular weight is 301 g/mol. The fourth-order valence-corrected chi connectivity index (χ4v) is 3.51. The van der Waals surface area contributed by atoms with Crippen molar-refractivity contribution in [1.82, 2.24) is 20.1 Å². The minimum atomic E-state index is -3.61. The fraction of sp³-hybridized carbons (Fsp3) is 0.400. The molecule has 2 aromatic heterocycles. The van der Waals surface area contributed by atoms with E-state index in [1.54, 1.807) is 30.8 Å². The molecule has 0 bridgehead atoms. The van der Waals surface area contributed by atoms with Crippen LogP contribution in [0.1, 0.15) is 10.7 Å². The van der Waals surface area contributed by atoms with Crippen LogP contribution in [0.4, 0.5) is 5.13 Å². The van der Waals surface area contributed by atoms with E-state index >= 15 is 0 Å². The van der Waals surface area contributed by atoms with E-state index in [-0.39, 0.29) is 10.0 Å². The minimum Gasteiger partial charge on any atom is -0.352 e. The van der Waals surface area contributed by atoms with Gasteiger partial charge in [-0.25, -0.2) is 8.42 Å². The molecule has 0 saturated heterocycles. The number of hydrogen-bond acceptors (Lipinski definition) is 6. The first-order valence-electron chi connectivity index (χ1n) is 5.55. The normalized spacial score (nSPS) is 11.7. The van der Waals surface area contributed by atoms with Crippen molar-refractivity contribution >= 4 is 26.5 Å². The van der Waals surface area contributed by atoms with E-state index in [0.29, 0.717) is 11.6 Å². The lowest BCUT2D eigenvalue weighted by Crippen LogP contribution is -2.12. The lowest BCUT2D eigenvalue weighted by Gasteiger charge is -2.00. The molecule has 0 fully saturated rings. The fourth-order valence-electron chi connectivity index (χ4n) is 1.59. The van der Waals surface area contributed by atoms with Gasteiger partial charge in [0.05, 0.1) is 0 Å². The Morgan fingerprint density at radius 1 is 1.42 bits per heavy atom. The van der Waals surface area contributed by atoms with Crippen LogP contribution in [0.2, 0.25) is 0 Å². The summed E-state index contributed by atoms with van der Waals surface area (Å²) in [6.07, 6.45) is 1.57. The Balaban J connectivity index is 2.26. The molecule has 0 aliphatic rings. The number of anilines is 1. The van der Waals surface area contributed by atoms with Crippen molar-refractivity contribution < 1.29 is 8.42 Å². The van der Waals surface area contributed by atoms with Crippen LogP contribution in [0.15, 0.2) is 17.2 Å². The third-order valence-corrected chi connectivity index (χ3v) is 4.69. The number of hydrogen-bond donors (Lipinski definition) is 2. The lowest BCUT2D eigenvalue weighted by molar-refractivity contribution is 0.601.